The van der Waals surface area contributed by atoms with Crippen LogP contribution in [0.4, 0.5) is 0 Å². The Morgan fingerprint density at radius 2 is 1.94 bits per heavy atom. The van der Waals surface area contributed by atoms with Gasteiger partial charge in [0, 0.05) is 12.8 Å². The molecule has 5 nitrogen and oxygen atoms in total. The van der Waals surface area contributed by atoms with Gasteiger partial charge in [-0.05, 0) is 27.7 Å². The van der Waals surface area contributed by atoms with E-state index >= 15 is 0 Å². The first-order chi connectivity index (χ1) is 7.86. The average molecular weight is 240 g/mol. The van der Waals surface area contributed by atoms with E-state index in [-0.39, 0.29) is 30.7 Å². The van der Waals surface area contributed by atoms with Crippen LogP contribution in [0, 0.1) is 0 Å². The number of rotatable bonds is 3. The van der Waals surface area contributed by atoms with Gasteiger partial charge in [-0.3, -0.25) is 5.01 Å². The standard InChI is InChI=1S/C11H21BN2O3/c1-10(2)11(3,4)17-12(16-10)9-7-13-14(8-9)5-6-15/h7,9,15H,5-6,8H2,1-4H3. The minimum absolute atomic E-state index is 0.118. The lowest BCUT2D eigenvalue weighted by Gasteiger charge is -2.32. The summed E-state index contributed by atoms with van der Waals surface area (Å²) in [6, 6.07) is 0. The molecule has 1 N–H and O–H groups in total. The van der Waals surface area contributed by atoms with E-state index in [1.165, 1.54) is 0 Å². The number of β-amino-alcohol motifs (C(OH)–C–C–N with tert-alkyl or cyclic N) is 1. The summed E-state index contributed by atoms with van der Waals surface area (Å²) in [4.78, 5) is 0. The average Bonchev–Trinajstić information content (AvgIpc) is 2.71. The molecule has 0 saturated carbocycles. The van der Waals surface area contributed by atoms with Crippen LogP contribution in [0.15, 0.2) is 5.10 Å². The van der Waals surface area contributed by atoms with Gasteiger partial charge in [0.2, 0.25) is 0 Å². The Morgan fingerprint density at radius 3 is 2.47 bits per heavy atom. The fourth-order valence-electron chi connectivity index (χ4n) is 2.00. The zero-order valence-corrected chi connectivity index (χ0v) is 11.0. The molecule has 1 atom stereocenters. The molecule has 2 aliphatic rings. The summed E-state index contributed by atoms with van der Waals surface area (Å²) in [6.45, 7) is 9.61. The molecule has 6 heteroatoms. The first-order valence-corrected chi connectivity index (χ1v) is 6.11. The Morgan fingerprint density at radius 1 is 1.35 bits per heavy atom. The van der Waals surface area contributed by atoms with Gasteiger partial charge in [0.1, 0.15) is 0 Å². The molecule has 0 amide bonds. The minimum atomic E-state index is -0.296. The molecule has 17 heavy (non-hydrogen) atoms. The molecule has 1 fully saturated rings. The number of hydrogen-bond acceptors (Lipinski definition) is 5. The van der Waals surface area contributed by atoms with Crippen molar-refractivity contribution in [1.82, 2.24) is 5.01 Å². The molecule has 2 heterocycles. The molecule has 0 aromatic carbocycles. The van der Waals surface area contributed by atoms with Crippen LogP contribution in [0.2, 0.25) is 5.82 Å². The SMILES string of the molecule is CC1(C)OB(C2C=NN(CCO)C2)OC1(C)C. The van der Waals surface area contributed by atoms with Crippen LogP contribution in [0.3, 0.4) is 0 Å². The largest absolute Gasteiger partial charge is 0.468 e. The van der Waals surface area contributed by atoms with Gasteiger partial charge in [-0.15, -0.1) is 0 Å². The number of hydrazone groups is 1. The van der Waals surface area contributed by atoms with Gasteiger partial charge in [-0.1, -0.05) is 0 Å². The fraction of sp³-hybridized carbons (Fsp3) is 0.909. The highest BCUT2D eigenvalue weighted by molar-refractivity contribution is 6.52. The third-order valence-electron chi connectivity index (χ3n) is 3.82. The van der Waals surface area contributed by atoms with E-state index < -0.39 is 0 Å². The first kappa shape index (κ1) is 12.9. The number of nitrogens with zero attached hydrogens (tertiary/aromatic N) is 2. The van der Waals surface area contributed by atoms with Crippen molar-refractivity contribution < 1.29 is 14.4 Å². The van der Waals surface area contributed by atoms with Crippen LogP contribution in [0.25, 0.3) is 0 Å². The van der Waals surface area contributed by atoms with Crippen LogP contribution < -0.4 is 0 Å². The number of aliphatic hydroxyl groups excluding tert-OH is 1. The molecule has 2 rings (SSSR count). The summed E-state index contributed by atoms with van der Waals surface area (Å²) in [7, 11) is -0.243. The van der Waals surface area contributed by atoms with E-state index in [1.807, 2.05) is 38.9 Å². The molecule has 1 unspecified atom stereocenters. The highest BCUT2D eigenvalue weighted by Crippen LogP contribution is 2.40. The van der Waals surface area contributed by atoms with E-state index in [1.54, 1.807) is 0 Å². The van der Waals surface area contributed by atoms with Gasteiger partial charge in [0.15, 0.2) is 0 Å². The summed E-state index contributed by atoms with van der Waals surface area (Å²) in [5.41, 5.74) is -0.591. The van der Waals surface area contributed by atoms with Crippen LogP contribution in [-0.2, 0) is 9.31 Å². The van der Waals surface area contributed by atoms with E-state index in [9.17, 15) is 0 Å². The van der Waals surface area contributed by atoms with Crippen LogP contribution in [0.1, 0.15) is 27.7 Å². The van der Waals surface area contributed by atoms with E-state index in [2.05, 4.69) is 5.10 Å². The maximum atomic E-state index is 8.87. The van der Waals surface area contributed by atoms with Crippen LogP contribution >= 0.6 is 0 Å². The smallest absolute Gasteiger partial charge is 0.403 e. The highest BCUT2D eigenvalue weighted by atomic mass is 16.7. The Kier molecular flexibility index (Phi) is 3.22. The predicted octanol–water partition coefficient (Wildman–Crippen LogP) is 0.742. The van der Waals surface area contributed by atoms with E-state index in [4.69, 9.17) is 14.4 Å². The fourth-order valence-corrected chi connectivity index (χ4v) is 2.00. The topological polar surface area (TPSA) is 54.3 Å². The van der Waals surface area contributed by atoms with Crippen LogP contribution in [0.5, 0.6) is 0 Å². The molecule has 96 valence electrons. The van der Waals surface area contributed by atoms with E-state index in [0.717, 1.165) is 6.54 Å². The van der Waals surface area contributed by atoms with Crippen molar-refractivity contribution >= 4 is 13.3 Å². The van der Waals surface area contributed by atoms with Gasteiger partial charge in [-0.25, -0.2) is 0 Å². The molecule has 1 saturated heterocycles. The lowest BCUT2D eigenvalue weighted by Crippen LogP contribution is -2.41. The van der Waals surface area contributed by atoms with Crippen molar-refractivity contribution in [2.75, 3.05) is 19.7 Å². The Hall–Kier alpha value is -0.585. The zero-order valence-electron chi connectivity index (χ0n) is 11.0. The molecule has 0 bridgehead atoms. The maximum absolute atomic E-state index is 8.87. The highest BCUT2D eigenvalue weighted by Gasteiger charge is 2.54. The van der Waals surface area contributed by atoms with Crippen molar-refractivity contribution in [3.8, 4) is 0 Å². The Balaban J connectivity index is 1.97. The molecule has 0 aromatic heterocycles. The number of aliphatic hydroxyl groups is 1. The normalized spacial score (nSPS) is 30.3. The first-order valence-electron chi connectivity index (χ1n) is 6.11. The summed E-state index contributed by atoms with van der Waals surface area (Å²) >= 11 is 0. The zero-order chi connectivity index (χ0) is 12.7. The molecule has 0 spiro atoms. The van der Waals surface area contributed by atoms with Crippen molar-refractivity contribution in [3.63, 3.8) is 0 Å². The summed E-state index contributed by atoms with van der Waals surface area (Å²) in [5, 5.41) is 14.9. The van der Waals surface area contributed by atoms with Gasteiger partial charge in [0.25, 0.3) is 0 Å². The number of hydrogen-bond donors (Lipinski definition) is 1. The third kappa shape index (κ3) is 2.34. The van der Waals surface area contributed by atoms with Gasteiger partial charge < -0.3 is 14.4 Å². The van der Waals surface area contributed by atoms with Crippen molar-refractivity contribution in [1.29, 1.82) is 0 Å². The van der Waals surface area contributed by atoms with Gasteiger partial charge in [0.05, 0.1) is 30.2 Å². The van der Waals surface area contributed by atoms with Gasteiger partial charge in [-0.2, -0.15) is 5.10 Å². The second kappa shape index (κ2) is 4.26. The second-order valence-electron chi connectivity index (χ2n) is 5.69. The molecule has 0 aliphatic carbocycles. The third-order valence-corrected chi connectivity index (χ3v) is 3.82. The molecular formula is C11H21BN2O3. The predicted molar refractivity (Wildman–Crippen MR) is 67.0 cm³/mol. The molecule has 0 radical (unpaired) electrons. The Labute approximate surface area is 103 Å². The second-order valence-corrected chi connectivity index (χ2v) is 5.69. The maximum Gasteiger partial charge on any atom is 0.468 e. The Bertz CT molecular complexity index is 304. The summed E-state index contributed by atoms with van der Waals surface area (Å²) in [5.74, 6) is 0.141. The van der Waals surface area contributed by atoms with Crippen molar-refractivity contribution in [3.05, 3.63) is 0 Å². The molecule has 0 aromatic rings. The quantitative estimate of drug-likeness (QED) is 0.739. The van der Waals surface area contributed by atoms with Gasteiger partial charge >= 0.3 is 7.12 Å². The lowest BCUT2D eigenvalue weighted by atomic mass is 9.73. The molecule has 2 aliphatic heterocycles. The van der Waals surface area contributed by atoms with E-state index in [0.29, 0.717) is 6.54 Å². The van der Waals surface area contributed by atoms with Crippen LogP contribution in [-0.4, -0.2) is 54.3 Å². The monoisotopic (exact) mass is 240 g/mol. The minimum Gasteiger partial charge on any atom is -0.403 e. The van der Waals surface area contributed by atoms with Crippen molar-refractivity contribution in [2.24, 2.45) is 5.10 Å². The summed E-state index contributed by atoms with van der Waals surface area (Å²) < 4.78 is 11.9. The van der Waals surface area contributed by atoms with Crippen molar-refractivity contribution in [2.45, 2.75) is 44.7 Å². The summed E-state index contributed by atoms with van der Waals surface area (Å²) in [6.07, 6.45) is 1.86. The lowest BCUT2D eigenvalue weighted by molar-refractivity contribution is 0.00578. The molecular weight excluding hydrogens is 219 g/mol.